The van der Waals surface area contributed by atoms with Crippen molar-refractivity contribution in [3.8, 4) is 0 Å². The van der Waals surface area contributed by atoms with E-state index < -0.39 is 17.9 Å². The van der Waals surface area contributed by atoms with Crippen molar-refractivity contribution in [1.82, 2.24) is 14.9 Å². The molecule has 1 atom stereocenters. The van der Waals surface area contributed by atoms with Gasteiger partial charge in [-0.05, 0) is 25.3 Å². The van der Waals surface area contributed by atoms with Gasteiger partial charge in [0.15, 0.2) is 0 Å². The van der Waals surface area contributed by atoms with E-state index in [1.165, 1.54) is 0 Å². The first-order valence-corrected chi connectivity index (χ1v) is 12.3. The molecule has 3 N–H and O–H groups in total. The average molecular weight is 476 g/mol. The van der Waals surface area contributed by atoms with Crippen molar-refractivity contribution in [2.24, 2.45) is 0 Å². The summed E-state index contributed by atoms with van der Waals surface area (Å²) in [5, 5.41) is 14.8. The number of rotatable bonds is 8. The fourth-order valence-electron chi connectivity index (χ4n) is 4.61. The van der Waals surface area contributed by atoms with Crippen molar-refractivity contribution in [2.45, 2.75) is 24.5 Å². The van der Waals surface area contributed by atoms with Gasteiger partial charge in [-0.1, -0.05) is 30.3 Å². The van der Waals surface area contributed by atoms with Crippen LogP contribution in [-0.2, 0) is 20.9 Å². The first kappa shape index (κ1) is 22.5. The summed E-state index contributed by atoms with van der Waals surface area (Å²) < 4.78 is 7.35. The molecule has 0 saturated heterocycles. The molecule has 1 aliphatic rings. The van der Waals surface area contributed by atoms with E-state index in [9.17, 15) is 14.7 Å². The predicted octanol–water partition coefficient (Wildman–Crippen LogP) is 3.81. The Balaban J connectivity index is 1.74. The quantitative estimate of drug-likeness (QED) is 0.266. The summed E-state index contributed by atoms with van der Waals surface area (Å²) in [6.07, 6.45) is 4.92. The molecule has 174 valence electrons. The second-order valence-corrected chi connectivity index (χ2v) is 8.99. The van der Waals surface area contributed by atoms with E-state index >= 15 is 0 Å². The number of nitrogens with zero attached hydrogens (tertiary/aromatic N) is 1. The Morgan fingerprint density at radius 1 is 1.03 bits per heavy atom. The van der Waals surface area contributed by atoms with Crippen LogP contribution in [0.2, 0.25) is 0 Å². The Hall–Kier alpha value is -3.33. The lowest BCUT2D eigenvalue weighted by molar-refractivity contribution is -0.122. The minimum atomic E-state index is -0.709. The van der Waals surface area contributed by atoms with Crippen LogP contribution in [-0.4, -0.2) is 52.0 Å². The molecule has 0 spiro atoms. The van der Waals surface area contributed by atoms with Crippen molar-refractivity contribution in [3.63, 3.8) is 0 Å². The van der Waals surface area contributed by atoms with Crippen molar-refractivity contribution in [1.29, 1.82) is 0 Å². The summed E-state index contributed by atoms with van der Waals surface area (Å²) in [6.45, 7) is 2.93. The number of hydrogen-bond acceptors (Lipinski definition) is 5. The molecule has 34 heavy (non-hydrogen) atoms. The van der Waals surface area contributed by atoms with Gasteiger partial charge in [0, 0.05) is 51.3 Å². The van der Waals surface area contributed by atoms with E-state index in [2.05, 4.69) is 10.3 Å². The van der Waals surface area contributed by atoms with E-state index in [-0.39, 0.29) is 6.61 Å². The number of fused-ring (bicyclic) bond motifs is 2. The Labute approximate surface area is 200 Å². The van der Waals surface area contributed by atoms with Crippen LogP contribution >= 0.6 is 11.8 Å². The van der Waals surface area contributed by atoms with Crippen LogP contribution in [0.5, 0.6) is 0 Å². The zero-order valence-corrected chi connectivity index (χ0v) is 19.7. The molecule has 1 aliphatic heterocycles. The zero-order valence-electron chi connectivity index (χ0n) is 18.9. The number of H-pyrrole nitrogens is 1. The monoisotopic (exact) mass is 475 g/mol. The minimum Gasteiger partial charge on any atom is -0.389 e. The maximum absolute atomic E-state index is 13.1. The van der Waals surface area contributed by atoms with Crippen LogP contribution in [0.4, 0.5) is 0 Å². The molecule has 5 rings (SSSR count). The van der Waals surface area contributed by atoms with Crippen molar-refractivity contribution < 1.29 is 19.4 Å². The number of aliphatic hydroxyl groups is 1. The molecule has 3 heterocycles. The van der Waals surface area contributed by atoms with Gasteiger partial charge in [-0.2, -0.15) is 0 Å². The molecule has 0 fully saturated rings. The van der Waals surface area contributed by atoms with Gasteiger partial charge in [-0.3, -0.25) is 14.9 Å². The number of thioether (sulfide) groups is 1. The lowest BCUT2D eigenvalue weighted by Gasteiger charge is -2.13. The smallest absolute Gasteiger partial charge is 0.259 e. The first-order chi connectivity index (χ1) is 16.5. The summed E-state index contributed by atoms with van der Waals surface area (Å²) in [7, 11) is 0. The number of aliphatic hydroxyl groups excluding tert-OH is 1. The third-order valence-electron chi connectivity index (χ3n) is 6.06. The zero-order chi connectivity index (χ0) is 23.8. The Bertz CT molecular complexity index is 1450. The lowest BCUT2D eigenvalue weighted by atomic mass is 9.95. The van der Waals surface area contributed by atoms with Gasteiger partial charge in [0.25, 0.3) is 11.8 Å². The molecule has 7 nitrogen and oxygen atoms in total. The van der Waals surface area contributed by atoms with E-state index in [1.807, 2.05) is 66.4 Å². The molecular formula is C26H25N3O4S. The summed E-state index contributed by atoms with van der Waals surface area (Å²) in [5.74, 6) is -0.836. The Morgan fingerprint density at radius 3 is 2.53 bits per heavy atom. The molecule has 4 aromatic rings. The second kappa shape index (κ2) is 9.13. The van der Waals surface area contributed by atoms with Gasteiger partial charge in [-0.15, -0.1) is 11.8 Å². The molecule has 0 aliphatic carbocycles. The molecule has 2 aromatic carbocycles. The van der Waals surface area contributed by atoms with E-state index in [4.69, 9.17) is 4.74 Å². The van der Waals surface area contributed by atoms with Crippen molar-refractivity contribution in [2.75, 3.05) is 19.5 Å². The summed E-state index contributed by atoms with van der Waals surface area (Å²) >= 11 is 1.59. The predicted molar refractivity (Wildman–Crippen MR) is 134 cm³/mol. The highest BCUT2D eigenvalue weighted by Gasteiger charge is 2.35. The van der Waals surface area contributed by atoms with Gasteiger partial charge >= 0.3 is 0 Å². The number of hydrogen-bond donors (Lipinski definition) is 3. The number of carbonyl (C=O) groups excluding carboxylic acids is 2. The third-order valence-corrected chi connectivity index (χ3v) is 6.83. The Kier molecular flexibility index (Phi) is 6.03. The fraction of sp³-hybridized carbons (Fsp3) is 0.231. The van der Waals surface area contributed by atoms with E-state index in [0.717, 1.165) is 26.7 Å². The topological polar surface area (TPSA) is 96.3 Å². The maximum Gasteiger partial charge on any atom is 0.259 e. The van der Waals surface area contributed by atoms with Gasteiger partial charge in [0.05, 0.1) is 35.9 Å². The second-order valence-electron chi connectivity index (χ2n) is 8.15. The molecule has 8 heteroatoms. The molecular weight excluding hydrogens is 450 g/mol. The van der Waals surface area contributed by atoms with Crippen LogP contribution in [0.1, 0.15) is 18.1 Å². The number of para-hydroxylation sites is 2. The number of ether oxygens (including phenoxy) is 1. The SMILES string of the molecule is CCOCC(O)Cn1cc(C2=C(c3c[nH]c4ccccc34)C(=O)NC2=O)c2cccc(SC)c21. The average Bonchev–Trinajstić information content (AvgIpc) is 3.50. The van der Waals surface area contributed by atoms with E-state index in [0.29, 0.717) is 35.4 Å². The number of amides is 2. The first-order valence-electron chi connectivity index (χ1n) is 11.1. The molecule has 0 radical (unpaired) electrons. The van der Waals surface area contributed by atoms with E-state index in [1.54, 1.807) is 18.0 Å². The summed E-state index contributed by atoms with van der Waals surface area (Å²) in [5.41, 5.74) is 3.86. The van der Waals surface area contributed by atoms with Gasteiger partial charge in [-0.25, -0.2) is 0 Å². The molecule has 2 aromatic heterocycles. The number of imide groups is 1. The standard InChI is InChI=1S/C26H25N3O4S/c1-3-33-14-15(30)12-29-13-19(17-8-6-10-21(34-2)24(17)29)23-22(25(31)28-26(23)32)18-11-27-20-9-5-4-7-16(18)20/h4-11,13,15,27,30H,3,12,14H2,1-2H3,(H,28,31,32). The molecule has 1 unspecified atom stereocenters. The van der Waals surface area contributed by atoms with Crippen molar-refractivity contribution in [3.05, 3.63) is 66.0 Å². The highest BCUT2D eigenvalue weighted by molar-refractivity contribution is 7.98. The molecule has 2 amide bonds. The van der Waals surface area contributed by atoms with Crippen LogP contribution in [0.15, 0.2) is 59.8 Å². The van der Waals surface area contributed by atoms with Crippen LogP contribution in [0, 0.1) is 0 Å². The van der Waals surface area contributed by atoms with Crippen molar-refractivity contribution >= 4 is 56.5 Å². The molecule has 0 saturated carbocycles. The minimum absolute atomic E-state index is 0.217. The summed E-state index contributed by atoms with van der Waals surface area (Å²) in [6, 6.07) is 13.6. The summed E-state index contributed by atoms with van der Waals surface area (Å²) in [4.78, 5) is 30.3. The van der Waals surface area contributed by atoms with Crippen LogP contribution in [0.3, 0.4) is 0 Å². The lowest BCUT2D eigenvalue weighted by Crippen LogP contribution is -2.22. The number of aromatic nitrogens is 2. The maximum atomic E-state index is 13.1. The number of aromatic amines is 1. The highest BCUT2D eigenvalue weighted by atomic mass is 32.2. The van der Waals surface area contributed by atoms with Crippen LogP contribution < -0.4 is 5.32 Å². The number of carbonyl (C=O) groups is 2. The highest BCUT2D eigenvalue weighted by Crippen LogP contribution is 2.40. The fourth-order valence-corrected chi connectivity index (χ4v) is 5.25. The number of benzene rings is 2. The van der Waals surface area contributed by atoms with Gasteiger partial charge < -0.3 is 19.4 Å². The number of nitrogens with one attached hydrogen (secondary N) is 2. The van der Waals surface area contributed by atoms with Crippen LogP contribution in [0.25, 0.3) is 33.0 Å². The third kappa shape index (κ3) is 3.73. The van der Waals surface area contributed by atoms with Gasteiger partial charge in [0.1, 0.15) is 0 Å². The normalized spacial score (nSPS) is 15.0. The van der Waals surface area contributed by atoms with Gasteiger partial charge in [0.2, 0.25) is 0 Å². The largest absolute Gasteiger partial charge is 0.389 e. The Morgan fingerprint density at radius 2 is 1.76 bits per heavy atom. The molecule has 0 bridgehead atoms.